The molecule has 1 N–H and O–H groups in total. The first-order chi connectivity index (χ1) is 12.6. The minimum absolute atomic E-state index is 0.0680. The fourth-order valence-corrected chi connectivity index (χ4v) is 4.22. The van der Waals surface area contributed by atoms with Gasteiger partial charge in [0, 0.05) is 29.5 Å². The highest BCUT2D eigenvalue weighted by Crippen LogP contribution is 2.33. The van der Waals surface area contributed by atoms with Gasteiger partial charge in [-0.2, -0.15) is 5.10 Å². The molecule has 1 saturated heterocycles. The molecule has 26 heavy (non-hydrogen) atoms. The zero-order chi connectivity index (χ0) is 18.1. The van der Waals surface area contributed by atoms with Crippen molar-refractivity contribution in [1.29, 1.82) is 0 Å². The quantitative estimate of drug-likeness (QED) is 0.750. The summed E-state index contributed by atoms with van der Waals surface area (Å²) in [5.74, 6) is 0. The number of aryl methyl sites for hydroxylation is 2. The molecule has 0 bridgehead atoms. The Kier molecular flexibility index (Phi) is 4.46. The van der Waals surface area contributed by atoms with Crippen molar-refractivity contribution >= 4 is 23.1 Å². The maximum Gasteiger partial charge on any atom is 0.322 e. The molecule has 1 aliphatic rings. The summed E-state index contributed by atoms with van der Waals surface area (Å²) in [6, 6.07) is 9.83. The molecule has 7 heteroatoms. The number of rotatable bonds is 3. The van der Waals surface area contributed by atoms with Crippen LogP contribution in [0.25, 0.3) is 5.69 Å². The van der Waals surface area contributed by atoms with E-state index in [0.29, 0.717) is 0 Å². The van der Waals surface area contributed by atoms with Crippen LogP contribution in [-0.4, -0.2) is 32.2 Å². The molecule has 1 fully saturated rings. The number of benzene rings is 1. The van der Waals surface area contributed by atoms with Gasteiger partial charge in [0.25, 0.3) is 0 Å². The lowest BCUT2D eigenvalue weighted by atomic mass is 10.2. The molecule has 0 saturated carbocycles. The molecular weight excluding hydrogens is 346 g/mol. The topological polar surface area (TPSA) is 63.1 Å². The Labute approximate surface area is 156 Å². The Hall–Kier alpha value is -2.67. The van der Waals surface area contributed by atoms with Gasteiger partial charge < -0.3 is 10.2 Å². The van der Waals surface area contributed by atoms with Gasteiger partial charge in [0.1, 0.15) is 5.01 Å². The molecule has 0 radical (unpaired) electrons. The van der Waals surface area contributed by atoms with E-state index in [1.165, 1.54) is 0 Å². The van der Waals surface area contributed by atoms with Gasteiger partial charge in [-0.25, -0.2) is 14.5 Å². The number of aromatic nitrogens is 3. The molecule has 3 aromatic rings. The monoisotopic (exact) mass is 367 g/mol. The molecule has 134 valence electrons. The van der Waals surface area contributed by atoms with E-state index in [1.807, 2.05) is 59.1 Å². The van der Waals surface area contributed by atoms with Crippen LogP contribution >= 0.6 is 11.3 Å². The van der Waals surface area contributed by atoms with Crippen molar-refractivity contribution in [2.45, 2.75) is 32.7 Å². The van der Waals surface area contributed by atoms with Crippen molar-refractivity contribution in [3.63, 3.8) is 0 Å². The molecule has 2 aromatic heterocycles. The Morgan fingerprint density at radius 3 is 2.73 bits per heavy atom. The SMILES string of the molecule is Cc1cc(C)n(-c2ccc(NC(=O)N3CCCC3c3nccs3)cc2)n1. The molecule has 1 aromatic carbocycles. The van der Waals surface area contributed by atoms with Crippen molar-refractivity contribution in [2.75, 3.05) is 11.9 Å². The first-order valence-electron chi connectivity index (χ1n) is 8.72. The predicted octanol–water partition coefficient (Wildman–Crippen LogP) is 4.31. The third-order valence-electron chi connectivity index (χ3n) is 4.62. The number of urea groups is 1. The highest BCUT2D eigenvalue weighted by molar-refractivity contribution is 7.09. The summed E-state index contributed by atoms with van der Waals surface area (Å²) in [6.07, 6.45) is 3.78. The number of hydrogen-bond acceptors (Lipinski definition) is 4. The summed E-state index contributed by atoms with van der Waals surface area (Å²) in [5, 5.41) is 10.5. The second kappa shape index (κ2) is 6.92. The van der Waals surface area contributed by atoms with Crippen LogP contribution in [-0.2, 0) is 0 Å². The maximum absolute atomic E-state index is 12.7. The number of nitrogens with one attached hydrogen (secondary N) is 1. The summed E-state index contributed by atoms with van der Waals surface area (Å²) >= 11 is 1.61. The van der Waals surface area contributed by atoms with Gasteiger partial charge in [-0.15, -0.1) is 11.3 Å². The predicted molar refractivity (Wildman–Crippen MR) is 103 cm³/mol. The van der Waals surface area contributed by atoms with Gasteiger partial charge in [-0.1, -0.05) is 0 Å². The molecule has 2 amide bonds. The van der Waals surface area contributed by atoms with Gasteiger partial charge >= 0.3 is 6.03 Å². The zero-order valence-electron chi connectivity index (χ0n) is 14.8. The molecule has 1 unspecified atom stereocenters. The van der Waals surface area contributed by atoms with Crippen LogP contribution in [0.1, 0.15) is 35.3 Å². The van der Waals surface area contributed by atoms with Crippen molar-refractivity contribution in [3.8, 4) is 5.69 Å². The van der Waals surface area contributed by atoms with E-state index >= 15 is 0 Å². The number of amides is 2. The smallest absolute Gasteiger partial charge is 0.315 e. The van der Waals surface area contributed by atoms with Gasteiger partial charge in [0.05, 0.1) is 17.4 Å². The van der Waals surface area contributed by atoms with Crippen LogP contribution in [0.15, 0.2) is 41.9 Å². The first kappa shape index (κ1) is 16.8. The minimum atomic E-state index is -0.0680. The van der Waals surface area contributed by atoms with Gasteiger partial charge in [0.2, 0.25) is 0 Å². The minimum Gasteiger partial charge on any atom is -0.315 e. The molecule has 6 nitrogen and oxygen atoms in total. The Bertz CT molecular complexity index is 901. The lowest BCUT2D eigenvalue weighted by Gasteiger charge is -2.23. The number of nitrogens with zero attached hydrogens (tertiary/aromatic N) is 4. The van der Waals surface area contributed by atoms with Crippen LogP contribution in [0, 0.1) is 13.8 Å². The van der Waals surface area contributed by atoms with E-state index in [-0.39, 0.29) is 12.1 Å². The van der Waals surface area contributed by atoms with Crippen molar-refractivity contribution in [3.05, 3.63) is 58.3 Å². The molecule has 3 heterocycles. The molecular formula is C19H21N5OS. The average Bonchev–Trinajstić information content (AvgIpc) is 3.35. The number of likely N-dealkylation sites (tertiary alicyclic amines) is 1. The number of thiazole rings is 1. The number of carbonyl (C=O) groups is 1. The zero-order valence-corrected chi connectivity index (χ0v) is 15.7. The lowest BCUT2D eigenvalue weighted by molar-refractivity contribution is 0.207. The highest BCUT2D eigenvalue weighted by atomic mass is 32.1. The summed E-state index contributed by atoms with van der Waals surface area (Å²) in [6.45, 7) is 4.77. The highest BCUT2D eigenvalue weighted by Gasteiger charge is 2.31. The molecule has 1 aliphatic heterocycles. The second-order valence-corrected chi connectivity index (χ2v) is 7.46. The van der Waals surface area contributed by atoms with Crippen LogP contribution in [0.5, 0.6) is 0 Å². The van der Waals surface area contributed by atoms with E-state index < -0.39 is 0 Å². The first-order valence-corrected chi connectivity index (χ1v) is 9.60. The lowest BCUT2D eigenvalue weighted by Crippen LogP contribution is -2.34. The summed E-state index contributed by atoms with van der Waals surface area (Å²) in [5.41, 5.74) is 3.84. The largest absolute Gasteiger partial charge is 0.322 e. The van der Waals surface area contributed by atoms with E-state index in [0.717, 1.165) is 47.2 Å². The van der Waals surface area contributed by atoms with E-state index in [9.17, 15) is 4.79 Å². The van der Waals surface area contributed by atoms with Crippen LogP contribution in [0.2, 0.25) is 0 Å². The molecule has 0 aliphatic carbocycles. The third kappa shape index (κ3) is 3.22. The van der Waals surface area contributed by atoms with Crippen molar-refractivity contribution in [2.24, 2.45) is 0 Å². The average molecular weight is 367 g/mol. The fraction of sp³-hybridized carbons (Fsp3) is 0.316. The molecule has 4 rings (SSSR count). The van der Waals surface area contributed by atoms with Crippen molar-refractivity contribution in [1.82, 2.24) is 19.7 Å². The molecule has 1 atom stereocenters. The standard InChI is InChI=1S/C19H21N5OS/c1-13-12-14(2)24(22-13)16-7-5-15(6-8-16)21-19(25)23-10-3-4-17(23)18-20-9-11-26-18/h5-9,11-12,17H,3-4,10H2,1-2H3,(H,21,25). The Morgan fingerprint density at radius 2 is 2.08 bits per heavy atom. The summed E-state index contributed by atoms with van der Waals surface area (Å²) in [4.78, 5) is 19.0. The number of carbonyl (C=O) groups excluding carboxylic acids is 1. The van der Waals surface area contributed by atoms with Crippen LogP contribution < -0.4 is 5.32 Å². The van der Waals surface area contributed by atoms with Crippen LogP contribution in [0.3, 0.4) is 0 Å². The van der Waals surface area contributed by atoms with Gasteiger partial charge in [-0.05, 0) is 57.0 Å². The Balaban J connectivity index is 1.47. The van der Waals surface area contributed by atoms with E-state index in [4.69, 9.17) is 0 Å². The van der Waals surface area contributed by atoms with Gasteiger partial charge in [-0.3, -0.25) is 0 Å². The third-order valence-corrected chi connectivity index (χ3v) is 5.50. The second-order valence-electron chi connectivity index (χ2n) is 6.54. The van der Waals surface area contributed by atoms with E-state index in [1.54, 1.807) is 17.5 Å². The van der Waals surface area contributed by atoms with Gasteiger partial charge in [0.15, 0.2) is 0 Å². The Morgan fingerprint density at radius 1 is 1.27 bits per heavy atom. The fourth-order valence-electron chi connectivity index (χ4n) is 3.44. The van der Waals surface area contributed by atoms with E-state index in [2.05, 4.69) is 15.4 Å². The normalized spacial score (nSPS) is 16.8. The number of hydrogen-bond donors (Lipinski definition) is 1. The summed E-state index contributed by atoms with van der Waals surface area (Å²) < 4.78 is 1.90. The number of anilines is 1. The van der Waals surface area contributed by atoms with Crippen molar-refractivity contribution < 1.29 is 4.79 Å². The summed E-state index contributed by atoms with van der Waals surface area (Å²) in [7, 11) is 0. The molecule has 0 spiro atoms. The maximum atomic E-state index is 12.7. The van der Waals surface area contributed by atoms with Crippen LogP contribution in [0.4, 0.5) is 10.5 Å².